The fourth-order valence-corrected chi connectivity index (χ4v) is 4.29. The molecule has 3 aromatic carbocycles. The van der Waals surface area contributed by atoms with Crippen molar-refractivity contribution in [2.24, 2.45) is 0 Å². The summed E-state index contributed by atoms with van der Waals surface area (Å²) in [5, 5.41) is 4.13. The maximum atomic E-state index is 12.5. The molecule has 0 radical (unpaired) electrons. The third-order valence-electron chi connectivity index (χ3n) is 4.08. The van der Waals surface area contributed by atoms with Gasteiger partial charge in [0.1, 0.15) is 5.52 Å². The summed E-state index contributed by atoms with van der Waals surface area (Å²) in [6.07, 6.45) is 0. The SMILES string of the molecule is O=C(Nc1nc2c(Cl)cc(Cl)cc2s1)c1ccc(C(=O)c2ccccc2)cc1. The number of hydrogen-bond donors (Lipinski definition) is 1. The summed E-state index contributed by atoms with van der Waals surface area (Å²) in [4.78, 5) is 29.3. The summed E-state index contributed by atoms with van der Waals surface area (Å²) in [5.41, 5.74) is 2.14. The number of halogens is 2. The molecule has 7 heteroatoms. The van der Waals surface area contributed by atoms with Crippen molar-refractivity contribution >= 4 is 61.6 Å². The molecular formula is C21H12Cl2N2O2S. The van der Waals surface area contributed by atoms with Crippen molar-refractivity contribution in [2.75, 3.05) is 5.32 Å². The molecule has 0 atom stereocenters. The van der Waals surface area contributed by atoms with Gasteiger partial charge in [-0.15, -0.1) is 0 Å². The van der Waals surface area contributed by atoms with E-state index in [9.17, 15) is 9.59 Å². The summed E-state index contributed by atoms with van der Waals surface area (Å²) in [6, 6.07) is 18.9. The number of ketones is 1. The van der Waals surface area contributed by atoms with Crippen LogP contribution in [0.3, 0.4) is 0 Å². The second-order valence-corrected chi connectivity index (χ2v) is 7.85. The summed E-state index contributed by atoms with van der Waals surface area (Å²) >= 11 is 13.4. The Hall–Kier alpha value is -2.73. The van der Waals surface area contributed by atoms with E-state index in [1.54, 1.807) is 48.5 Å². The van der Waals surface area contributed by atoms with Gasteiger partial charge in [0, 0.05) is 21.7 Å². The minimum Gasteiger partial charge on any atom is -0.298 e. The van der Waals surface area contributed by atoms with Crippen LogP contribution in [0.15, 0.2) is 66.7 Å². The van der Waals surface area contributed by atoms with Crippen LogP contribution < -0.4 is 5.32 Å². The van der Waals surface area contributed by atoms with Gasteiger partial charge in [0.25, 0.3) is 5.91 Å². The molecule has 0 saturated heterocycles. The molecular weight excluding hydrogens is 415 g/mol. The molecule has 0 bridgehead atoms. The largest absolute Gasteiger partial charge is 0.298 e. The highest BCUT2D eigenvalue weighted by atomic mass is 35.5. The van der Waals surface area contributed by atoms with Crippen LogP contribution in [0.2, 0.25) is 10.0 Å². The Labute approximate surface area is 174 Å². The van der Waals surface area contributed by atoms with E-state index in [0.717, 1.165) is 4.70 Å². The van der Waals surface area contributed by atoms with Crippen LogP contribution in [0.5, 0.6) is 0 Å². The summed E-state index contributed by atoms with van der Waals surface area (Å²) < 4.78 is 0.789. The number of carbonyl (C=O) groups excluding carboxylic acids is 2. The zero-order valence-electron chi connectivity index (χ0n) is 14.3. The maximum Gasteiger partial charge on any atom is 0.257 e. The van der Waals surface area contributed by atoms with Crippen LogP contribution >= 0.6 is 34.5 Å². The molecule has 4 rings (SSSR count). The number of aromatic nitrogens is 1. The van der Waals surface area contributed by atoms with Crippen molar-refractivity contribution in [1.29, 1.82) is 0 Å². The van der Waals surface area contributed by atoms with Crippen molar-refractivity contribution in [3.63, 3.8) is 0 Å². The first-order chi connectivity index (χ1) is 13.5. The molecule has 0 unspecified atom stereocenters. The zero-order chi connectivity index (χ0) is 19.7. The summed E-state index contributed by atoms with van der Waals surface area (Å²) in [5.74, 6) is -0.412. The lowest BCUT2D eigenvalue weighted by atomic mass is 10.0. The van der Waals surface area contributed by atoms with Crippen molar-refractivity contribution in [1.82, 2.24) is 4.98 Å². The maximum absolute atomic E-state index is 12.5. The molecule has 0 aliphatic rings. The van der Waals surface area contributed by atoms with E-state index in [-0.39, 0.29) is 11.7 Å². The Balaban J connectivity index is 1.52. The fraction of sp³-hybridized carbons (Fsp3) is 0. The monoisotopic (exact) mass is 426 g/mol. The average Bonchev–Trinajstić information content (AvgIpc) is 3.11. The summed E-state index contributed by atoms with van der Waals surface area (Å²) in [6.45, 7) is 0. The molecule has 0 aliphatic carbocycles. The second kappa shape index (κ2) is 7.72. The van der Waals surface area contributed by atoms with Gasteiger partial charge in [-0.1, -0.05) is 77.0 Å². The zero-order valence-corrected chi connectivity index (χ0v) is 16.6. The van der Waals surface area contributed by atoms with Gasteiger partial charge in [-0.2, -0.15) is 0 Å². The molecule has 0 fully saturated rings. The molecule has 138 valence electrons. The fourth-order valence-electron chi connectivity index (χ4n) is 2.71. The van der Waals surface area contributed by atoms with E-state index in [2.05, 4.69) is 10.3 Å². The van der Waals surface area contributed by atoms with Crippen LogP contribution in [-0.4, -0.2) is 16.7 Å². The smallest absolute Gasteiger partial charge is 0.257 e. The van der Waals surface area contributed by atoms with E-state index < -0.39 is 0 Å². The normalized spacial score (nSPS) is 10.8. The van der Waals surface area contributed by atoms with E-state index in [1.807, 2.05) is 18.2 Å². The van der Waals surface area contributed by atoms with Crippen molar-refractivity contribution in [2.45, 2.75) is 0 Å². The Morgan fingerprint density at radius 1 is 0.857 bits per heavy atom. The first-order valence-electron chi connectivity index (χ1n) is 8.28. The first kappa shape index (κ1) is 18.6. The van der Waals surface area contributed by atoms with Gasteiger partial charge < -0.3 is 0 Å². The molecule has 28 heavy (non-hydrogen) atoms. The van der Waals surface area contributed by atoms with Gasteiger partial charge in [-0.05, 0) is 24.3 Å². The number of hydrogen-bond acceptors (Lipinski definition) is 4. The predicted octanol–water partition coefficient (Wildman–Crippen LogP) is 6.09. The number of benzene rings is 3. The van der Waals surface area contributed by atoms with E-state index in [4.69, 9.17) is 23.2 Å². The number of nitrogens with one attached hydrogen (secondary N) is 1. The molecule has 1 heterocycles. The second-order valence-electron chi connectivity index (χ2n) is 5.98. The lowest BCUT2D eigenvalue weighted by Gasteiger charge is -2.04. The standard InChI is InChI=1S/C21H12Cl2N2O2S/c22-15-10-16(23)18-17(11-15)28-21(24-18)25-20(27)14-8-6-13(7-9-14)19(26)12-4-2-1-3-5-12/h1-11H,(H,24,25,27). The van der Waals surface area contributed by atoms with Gasteiger partial charge in [-0.25, -0.2) is 4.98 Å². The molecule has 4 aromatic rings. The number of thiazole rings is 1. The molecule has 1 amide bonds. The highest BCUT2D eigenvalue weighted by molar-refractivity contribution is 7.22. The number of rotatable bonds is 4. The average molecular weight is 427 g/mol. The molecule has 0 saturated carbocycles. The lowest BCUT2D eigenvalue weighted by molar-refractivity contribution is 0.102. The number of nitrogens with zero attached hydrogens (tertiary/aromatic N) is 1. The van der Waals surface area contributed by atoms with Crippen LogP contribution in [0.1, 0.15) is 26.3 Å². The Morgan fingerprint density at radius 3 is 2.21 bits per heavy atom. The number of fused-ring (bicyclic) bond motifs is 1. The third-order valence-corrected chi connectivity index (χ3v) is 5.50. The minimum absolute atomic E-state index is 0.0924. The van der Waals surface area contributed by atoms with Crippen LogP contribution in [0, 0.1) is 0 Å². The van der Waals surface area contributed by atoms with Crippen LogP contribution in [-0.2, 0) is 0 Å². The van der Waals surface area contributed by atoms with Gasteiger partial charge >= 0.3 is 0 Å². The number of amides is 1. The molecule has 1 N–H and O–H groups in total. The number of carbonyl (C=O) groups is 2. The number of anilines is 1. The van der Waals surface area contributed by atoms with E-state index >= 15 is 0 Å². The van der Waals surface area contributed by atoms with Crippen molar-refractivity contribution in [3.8, 4) is 0 Å². The van der Waals surface area contributed by atoms with Gasteiger partial charge in [0.2, 0.25) is 0 Å². The minimum atomic E-state index is -0.319. The molecule has 1 aromatic heterocycles. The highest BCUT2D eigenvalue weighted by Gasteiger charge is 2.14. The van der Waals surface area contributed by atoms with Gasteiger partial charge in [-0.3, -0.25) is 14.9 Å². The van der Waals surface area contributed by atoms with Crippen LogP contribution in [0.25, 0.3) is 10.2 Å². The van der Waals surface area contributed by atoms with E-state index in [1.165, 1.54) is 11.3 Å². The topological polar surface area (TPSA) is 59.1 Å². The molecule has 0 aliphatic heterocycles. The lowest BCUT2D eigenvalue weighted by Crippen LogP contribution is -2.12. The molecule has 4 nitrogen and oxygen atoms in total. The van der Waals surface area contributed by atoms with Crippen molar-refractivity contribution in [3.05, 3.63) is 93.5 Å². The van der Waals surface area contributed by atoms with Gasteiger partial charge in [0.05, 0.1) is 9.72 Å². The Bertz CT molecular complexity index is 1190. The van der Waals surface area contributed by atoms with Crippen LogP contribution in [0.4, 0.5) is 5.13 Å². The summed E-state index contributed by atoms with van der Waals surface area (Å²) in [7, 11) is 0. The third kappa shape index (κ3) is 3.78. The quantitative estimate of drug-likeness (QED) is 0.401. The van der Waals surface area contributed by atoms with Gasteiger partial charge in [0.15, 0.2) is 10.9 Å². The Kier molecular flexibility index (Phi) is 5.13. The Morgan fingerprint density at radius 2 is 1.50 bits per heavy atom. The van der Waals surface area contributed by atoms with Crippen molar-refractivity contribution < 1.29 is 9.59 Å². The van der Waals surface area contributed by atoms with E-state index in [0.29, 0.717) is 37.4 Å². The highest BCUT2D eigenvalue weighted by Crippen LogP contribution is 2.33. The predicted molar refractivity (Wildman–Crippen MR) is 114 cm³/mol. The molecule has 0 spiro atoms. The first-order valence-corrected chi connectivity index (χ1v) is 9.85.